The van der Waals surface area contributed by atoms with E-state index in [2.05, 4.69) is 47.6 Å². The SMILES string of the molecule is CC(=O)O[C@H]1CC[C@@]2(C)C(=CC[C@H]3[C@@H]4C[C@@H]5O[C@H](CC[C@@H](C)COC(=O)[C@@H](N)CC(C)C)[C@@H](C)[C@@H]5[C@@]4(C)CC[C@@H]32)C1. The molecule has 41 heavy (non-hydrogen) atoms. The van der Waals surface area contributed by atoms with E-state index in [1.54, 1.807) is 5.57 Å². The highest BCUT2D eigenvalue weighted by molar-refractivity contribution is 5.75. The van der Waals surface area contributed by atoms with Crippen molar-refractivity contribution in [2.75, 3.05) is 6.61 Å². The van der Waals surface area contributed by atoms with E-state index in [1.165, 1.54) is 32.6 Å². The second-order valence-corrected chi connectivity index (χ2v) is 15.7. The van der Waals surface area contributed by atoms with Gasteiger partial charge < -0.3 is 19.9 Å². The Kier molecular flexibility index (Phi) is 9.04. The first kappa shape index (κ1) is 31.0. The quantitative estimate of drug-likeness (QED) is 0.241. The van der Waals surface area contributed by atoms with Crippen molar-refractivity contribution in [2.45, 2.75) is 137 Å². The Balaban J connectivity index is 1.17. The van der Waals surface area contributed by atoms with Crippen LogP contribution in [0.4, 0.5) is 0 Å². The maximum absolute atomic E-state index is 12.3. The fourth-order valence-corrected chi connectivity index (χ4v) is 10.4. The van der Waals surface area contributed by atoms with Gasteiger partial charge in [-0.05, 0) is 110 Å². The number of fused-ring (bicyclic) bond motifs is 7. The van der Waals surface area contributed by atoms with Gasteiger partial charge in [-0.3, -0.25) is 9.59 Å². The summed E-state index contributed by atoms with van der Waals surface area (Å²) in [4.78, 5) is 23.8. The predicted octanol–water partition coefficient (Wildman–Crippen LogP) is 6.84. The summed E-state index contributed by atoms with van der Waals surface area (Å²) >= 11 is 0. The number of allylic oxidation sites excluding steroid dienone is 1. The lowest BCUT2D eigenvalue weighted by Crippen LogP contribution is -2.51. The fraction of sp³-hybridized carbons (Fsp3) is 0.886. The summed E-state index contributed by atoms with van der Waals surface area (Å²) in [5.74, 6) is 3.68. The fourth-order valence-electron chi connectivity index (χ4n) is 10.4. The molecule has 1 saturated heterocycles. The van der Waals surface area contributed by atoms with Crippen molar-refractivity contribution in [2.24, 2.45) is 58.0 Å². The van der Waals surface area contributed by atoms with E-state index in [9.17, 15) is 9.59 Å². The molecular weight excluding hydrogens is 514 g/mol. The molecule has 12 atom stereocenters. The number of esters is 2. The molecule has 0 radical (unpaired) electrons. The van der Waals surface area contributed by atoms with Gasteiger partial charge in [-0.25, -0.2) is 0 Å². The number of carbonyl (C=O) groups is 2. The number of nitrogens with two attached hydrogens (primary N) is 1. The Bertz CT molecular complexity index is 1010. The topological polar surface area (TPSA) is 87.9 Å². The van der Waals surface area contributed by atoms with E-state index < -0.39 is 6.04 Å². The molecule has 0 bridgehead atoms. The minimum atomic E-state index is -0.520. The monoisotopic (exact) mass is 571 g/mol. The van der Waals surface area contributed by atoms with Crippen LogP contribution in [0.5, 0.6) is 0 Å². The lowest BCUT2D eigenvalue weighted by molar-refractivity contribution is -0.149. The third-order valence-electron chi connectivity index (χ3n) is 12.5. The highest BCUT2D eigenvalue weighted by Gasteiger charge is 2.65. The van der Waals surface area contributed by atoms with Gasteiger partial charge in [0.05, 0.1) is 18.8 Å². The summed E-state index contributed by atoms with van der Waals surface area (Å²) in [6.07, 6.45) is 14.1. The van der Waals surface area contributed by atoms with Crippen molar-refractivity contribution in [3.63, 3.8) is 0 Å². The van der Waals surface area contributed by atoms with Crippen molar-refractivity contribution in [1.82, 2.24) is 0 Å². The van der Waals surface area contributed by atoms with Crippen LogP contribution in [-0.2, 0) is 23.8 Å². The molecule has 0 aromatic heterocycles. The summed E-state index contributed by atoms with van der Waals surface area (Å²) < 4.78 is 18.1. The zero-order valence-electron chi connectivity index (χ0n) is 26.8. The Morgan fingerprint density at radius 3 is 2.61 bits per heavy atom. The summed E-state index contributed by atoms with van der Waals surface area (Å²) in [7, 11) is 0. The molecule has 5 aliphatic rings. The number of hydrogen-bond acceptors (Lipinski definition) is 6. The third-order valence-corrected chi connectivity index (χ3v) is 12.5. The highest BCUT2D eigenvalue weighted by atomic mass is 16.5. The highest BCUT2D eigenvalue weighted by Crippen LogP contribution is 2.69. The van der Waals surface area contributed by atoms with E-state index in [4.69, 9.17) is 19.9 Å². The lowest BCUT2D eigenvalue weighted by atomic mass is 9.47. The van der Waals surface area contributed by atoms with Crippen molar-refractivity contribution in [3.8, 4) is 0 Å². The molecule has 6 heteroatoms. The van der Waals surface area contributed by atoms with E-state index in [-0.39, 0.29) is 23.5 Å². The van der Waals surface area contributed by atoms with Gasteiger partial charge in [0.1, 0.15) is 12.1 Å². The number of rotatable bonds is 9. The minimum Gasteiger partial charge on any atom is -0.464 e. The maximum atomic E-state index is 12.3. The predicted molar refractivity (Wildman–Crippen MR) is 161 cm³/mol. The minimum absolute atomic E-state index is 0.0615. The molecule has 1 aliphatic heterocycles. The molecule has 1 heterocycles. The van der Waals surface area contributed by atoms with Crippen LogP contribution in [0, 0.1) is 52.3 Å². The van der Waals surface area contributed by atoms with Gasteiger partial charge >= 0.3 is 11.9 Å². The van der Waals surface area contributed by atoms with Crippen LogP contribution in [0.15, 0.2) is 11.6 Å². The molecule has 0 aromatic rings. The molecule has 0 unspecified atom stereocenters. The lowest BCUT2D eigenvalue weighted by Gasteiger charge is -2.58. The first-order valence-electron chi connectivity index (χ1n) is 16.8. The van der Waals surface area contributed by atoms with Crippen molar-refractivity contribution in [3.05, 3.63) is 11.6 Å². The standard InChI is InChI=1S/C35H57NO5/c1-20(2)16-29(36)33(38)39-19-21(3)8-11-30-22(4)32-31(41-30)18-28-26-10-9-24-17-25(40-23(5)37)12-14-34(24,6)27(26)13-15-35(28,32)7/h9,20-22,25-32H,8,10-19,36H2,1-7H3/t21-,22-,25+,26-,27+,28+,29+,30-,31+,32+,34+,35+/m1/s1. The average molecular weight is 572 g/mol. The number of carbonyl (C=O) groups excluding carboxylic acids is 2. The molecule has 4 fully saturated rings. The molecule has 5 rings (SSSR count). The van der Waals surface area contributed by atoms with E-state index in [0.717, 1.165) is 49.9 Å². The molecule has 232 valence electrons. The third kappa shape index (κ3) is 5.90. The van der Waals surface area contributed by atoms with Crippen LogP contribution in [-0.4, -0.2) is 42.9 Å². The van der Waals surface area contributed by atoms with Crippen LogP contribution in [0.1, 0.15) is 113 Å². The van der Waals surface area contributed by atoms with Crippen LogP contribution in [0.25, 0.3) is 0 Å². The van der Waals surface area contributed by atoms with Crippen molar-refractivity contribution >= 4 is 11.9 Å². The second-order valence-electron chi connectivity index (χ2n) is 15.7. The molecule has 3 saturated carbocycles. The normalized spacial score (nSPS) is 42.8. The van der Waals surface area contributed by atoms with Gasteiger partial charge in [0.2, 0.25) is 0 Å². The average Bonchev–Trinajstić information content (AvgIpc) is 3.38. The van der Waals surface area contributed by atoms with E-state index >= 15 is 0 Å². The van der Waals surface area contributed by atoms with Crippen molar-refractivity contribution in [1.29, 1.82) is 0 Å². The van der Waals surface area contributed by atoms with E-state index in [0.29, 0.717) is 54.3 Å². The van der Waals surface area contributed by atoms with Crippen LogP contribution >= 0.6 is 0 Å². The summed E-state index contributed by atoms with van der Waals surface area (Å²) in [6.45, 7) is 15.9. The number of ether oxygens (including phenoxy) is 3. The van der Waals surface area contributed by atoms with Crippen molar-refractivity contribution < 1.29 is 23.8 Å². The van der Waals surface area contributed by atoms with Crippen LogP contribution < -0.4 is 5.73 Å². The smallest absolute Gasteiger partial charge is 0.322 e. The largest absolute Gasteiger partial charge is 0.464 e. The molecule has 0 spiro atoms. The van der Waals surface area contributed by atoms with Gasteiger partial charge in [-0.1, -0.05) is 53.2 Å². The zero-order chi connectivity index (χ0) is 29.7. The van der Waals surface area contributed by atoms with Crippen LogP contribution in [0.3, 0.4) is 0 Å². The molecule has 0 amide bonds. The van der Waals surface area contributed by atoms with Gasteiger partial charge in [0.25, 0.3) is 0 Å². The second kappa shape index (κ2) is 11.9. The van der Waals surface area contributed by atoms with Gasteiger partial charge in [-0.15, -0.1) is 0 Å². The summed E-state index contributed by atoms with van der Waals surface area (Å²) in [6, 6.07) is -0.520. The van der Waals surface area contributed by atoms with Gasteiger partial charge in [0, 0.05) is 13.3 Å². The molecule has 6 nitrogen and oxygen atoms in total. The van der Waals surface area contributed by atoms with E-state index in [1.807, 2.05) is 0 Å². The first-order valence-corrected chi connectivity index (χ1v) is 16.8. The Morgan fingerprint density at radius 2 is 1.90 bits per heavy atom. The first-order chi connectivity index (χ1) is 19.3. The Labute approximate surface area is 248 Å². The summed E-state index contributed by atoms with van der Waals surface area (Å²) in [5, 5.41) is 0. The zero-order valence-corrected chi connectivity index (χ0v) is 26.8. The maximum Gasteiger partial charge on any atom is 0.322 e. The van der Waals surface area contributed by atoms with Gasteiger partial charge in [0.15, 0.2) is 0 Å². The van der Waals surface area contributed by atoms with Gasteiger partial charge in [-0.2, -0.15) is 0 Å². The molecule has 4 aliphatic carbocycles. The van der Waals surface area contributed by atoms with Crippen LogP contribution in [0.2, 0.25) is 0 Å². The summed E-state index contributed by atoms with van der Waals surface area (Å²) in [5.41, 5.74) is 8.17. The molecule has 2 N–H and O–H groups in total. The molecular formula is C35H57NO5. The molecule has 0 aromatic carbocycles. The number of hydrogen-bond donors (Lipinski definition) is 1. The Morgan fingerprint density at radius 1 is 1.15 bits per heavy atom. The Hall–Kier alpha value is -1.40.